The summed E-state index contributed by atoms with van der Waals surface area (Å²) in [5.74, 6) is 0.469. The predicted octanol–water partition coefficient (Wildman–Crippen LogP) is 3.77. The van der Waals surface area contributed by atoms with Crippen LogP contribution in [0.5, 0.6) is 0 Å². The summed E-state index contributed by atoms with van der Waals surface area (Å²) in [6.07, 6.45) is 7.81. The van der Waals surface area contributed by atoms with Crippen LogP contribution in [0.4, 0.5) is 5.00 Å². The van der Waals surface area contributed by atoms with Crippen LogP contribution in [-0.2, 0) is 11.2 Å². The smallest absolute Gasteiger partial charge is 0.298 e. The Morgan fingerprint density at radius 2 is 1.77 bits per heavy atom. The van der Waals surface area contributed by atoms with Crippen molar-refractivity contribution in [3.05, 3.63) is 27.4 Å². The third kappa shape index (κ3) is 4.91. The summed E-state index contributed by atoms with van der Waals surface area (Å²) in [4.78, 5) is 20.0. The van der Waals surface area contributed by atoms with Crippen molar-refractivity contribution >= 4 is 22.1 Å². The molecule has 5 heterocycles. The van der Waals surface area contributed by atoms with Crippen LogP contribution in [0.2, 0.25) is 0 Å². The zero-order chi connectivity index (χ0) is 21.8. The fraction of sp³-hybridized carbons (Fsp3) is 0.652. The fourth-order valence-corrected chi connectivity index (χ4v) is 6.36. The summed E-state index contributed by atoms with van der Waals surface area (Å²) in [7, 11) is 4.25. The highest BCUT2D eigenvalue weighted by molar-refractivity contribution is 7.16. The van der Waals surface area contributed by atoms with Gasteiger partial charge in [-0.15, -0.1) is 11.3 Å². The first-order chi connectivity index (χ1) is 14.4. The highest BCUT2D eigenvalue weighted by Gasteiger charge is 2.41. The molecule has 4 atom stereocenters. The molecule has 7 nitrogen and oxygen atoms in total. The van der Waals surface area contributed by atoms with E-state index >= 15 is 0 Å². The second kappa shape index (κ2) is 10.7. The second-order valence-corrected chi connectivity index (χ2v) is 9.44. The van der Waals surface area contributed by atoms with Gasteiger partial charge in [-0.05, 0) is 52.6 Å². The van der Waals surface area contributed by atoms with E-state index in [0.29, 0.717) is 28.9 Å². The van der Waals surface area contributed by atoms with Crippen LogP contribution >= 0.6 is 11.3 Å². The van der Waals surface area contributed by atoms with Gasteiger partial charge < -0.3 is 10.6 Å². The molecule has 1 aromatic heterocycles. The maximum atomic E-state index is 11.2. The normalized spacial score (nSPS) is 27.8. The van der Waals surface area contributed by atoms with Gasteiger partial charge in [0.25, 0.3) is 6.54 Å². The lowest BCUT2D eigenvalue weighted by molar-refractivity contribution is -0.125. The minimum atomic E-state index is -0.0139. The first-order valence-electron chi connectivity index (χ1n) is 10.4. The molecule has 5 rings (SSSR count). The first-order valence-corrected chi connectivity index (χ1v) is 11.2. The maximum absolute atomic E-state index is 11.2. The van der Waals surface area contributed by atoms with E-state index in [9.17, 15) is 4.79 Å². The molecule has 2 unspecified atom stereocenters. The van der Waals surface area contributed by atoms with Crippen molar-refractivity contribution in [3.63, 3.8) is 0 Å². The maximum Gasteiger partial charge on any atom is 0.298 e. The van der Waals surface area contributed by atoms with Gasteiger partial charge in [0.1, 0.15) is 22.9 Å². The van der Waals surface area contributed by atoms with E-state index in [4.69, 9.17) is 22.8 Å². The van der Waals surface area contributed by atoms with Gasteiger partial charge >= 0.3 is 0 Å². The third-order valence-electron chi connectivity index (χ3n) is 6.84. The van der Waals surface area contributed by atoms with E-state index in [2.05, 4.69) is 34.8 Å². The molecule has 0 aromatic carbocycles. The van der Waals surface area contributed by atoms with Crippen LogP contribution in [-0.4, -0.2) is 54.3 Å². The van der Waals surface area contributed by atoms with Crippen molar-refractivity contribution < 1.29 is 4.79 Å². The molecule has 8 heteroatoms. The van der Waals surface area contributed by atoms with Crippen molar-refractivity contribution in [2.45, 2.75) is 76.5 Å². The van der Waals surface area contributed by atoms with E-state index in [0.717, 1.165) is 37.3 Å². The minimum Gasteiger partial charge on any atom is -0.389 e. The molecule has 4 bridgehead atoms. The number of nitriles is 2. The molecule has 0 amide bonds. The highest BCUT2D eigenvalue weighted by atomic mass is 32.1. The van der Waals surface area contributed by atoms with Gasteiger partial charge in [0.15, 0.2) is 0 Å². The predicted molar refractivity (Wildman–Crippen MR) is 123 cm³/mol. The van der Waals surface area contributed by atoms with Crippen LogP contribution in [0.3, 0.4) is 0 Å². The van der Waals surface area contributed by atoms with E-state index < -0.39 is 0 Å². The van der Waals surface area contributed by atoms with E-state index in [-0.39, 0.29) is 14.0 Å². The number of carbonyl (C=O) groups is 1. The third-order valence-corrected chi connectivity index (χ3v) is 7.90. The van der Waals surface area contributed by atoms with Crippen LogP contribution < -0.4 is 5.73 Å². The topological polar surface area (TPSA) is 102 Å². The number of ketones is 1. The van der Waals surface area contributed by atoms with Gasteiger partial charge in [-0.2, -0.15) is 10.5 Å². The summed E-state index contributed by atoms with van der Waals surface area (Å²) >= 11 is 1.62. The Hall–Kier alpha value is -2.44. The first kappa shape index (κ1) is 24.8. The summed E-state index contributed by atoms with van der Waals surface area (Å²) in [6, 6.07) is 6.06. The number of fused-ring (bicyclic) bond motifs is 6. The van der Waals surface area contributed by atoms with Crippen molar-refractivity contribution in [2.75, 3.05) is 26.4 Å². The molecule has 0 saturated carbocycles. The van der Waals surface area contributed by atoms with Gasteiger partial charge in [-0.3, -0.25) is 14.6 Å². The largest absolute Gasteiger partial charge is 0.389 e. The molecule has 166 valence electrons. The van der Waals surface area contributed by atoms with Crippen LogP contribution in [0, 0.1) is 29.2 Å². The molecule has 31 heavy (non-hydrogen) atoms. The lowest BCUT2D eigenvalue weighted by Gasteiger charge is -2.31. The van der Waals surface area contributed by atoms with Crippen molar-refractivity contribution in [2.24, 2.45) is 0 Å². The molecule has 4 aliphatic rings. The number of anilines is 1. The molecular formula is C23H32N6OS. The molecule has 2 N–H and O–H groups in total. The Balaban J connectivity index is 0.000000186. The summed E-state index contributed by atoms with van der Waals surface area (Å²) in [5.41, 5.74) is 7.86. The van der Waals surface area contributed by atoms with Gasteiger partial charge in [-0.25, -0.2) is 6.57 Å². The Morgan fingerprint density at radius 1 is 1.13 bits per heavy atom. The number of hydrogen-bond acceptors (Lipinski definition) is 7. The Kier molecular flexibility index (Phi) is 8.60. The zero-order valence-corrected chi connectivity index (χ0v) is 18.4. The van der Waals surface area contributed by atoms with Crippen LogP contribution in [0.15, 0.2) is 0 Å². The lowest BCUT2D eigenvalue weighted by Crippen LogP contribution is -2.42. The van der Waals surface area contributed by atoms with Crippen molar-refractivity contribution in [1.82, 2.24) is 9.80 Å². The van der Waals surface area contributed by atoms with E-state index in [1.54, 1.807) is 17.4 Å². The van der Waals surface area contributed by atoms with Gasteiger partial charge in [-0.1, -0.05) is 7.43 Å². The molecular weight excluding hydrogens is 408 g/mol. The molecule has 0 radical (unpaired) electrons. The monoisotopic (exact) mass is 440 g/mol. The van der Waals surface area contributed by atoms with Crippen molar-refractivity contribution in [1.29, 1.82) is 10.5 Å². The molecule has 4 aliphatic heterocycles. The summed E-state index contributed by atoms with van der Waals surface area (Å²) < 4.78 is 0. The van der Waals surface area contributed by atoms with E-state index in [1.807, 2.05) is 0 Å². The quantitative estimate of drug-likeness (QED) is 0.487. The van der Waals surface area contributed by atoms with Crippen LogP contribution in [0.25, 0.3) is 4.85 Å². The lowest BCUT2D eigenvalue weighted by atomic mass is 9.98. The number of nitrogen functional groups attached to an aromatic ring is 1. The SMILES string of the molecule is C.CN1C2CC[C@@H]1CCC2=O.CN1C2CC[C@@H]1Cc1sc(N)c(C#N)c12.[C-]#[N+]CC#N. The fourth-order valence-electron chi connectivity index (χ4n) is 5.21. The molecule has 0 aliphatic carbocycles. The molecule has 3 fully saturated rings. The Morgan fingerprint density at radius 3 is 2.35 bits per heavy atom. The minimum absolute atomic E-state index is 0. The molecule has 3 saturated heterocycles. The Bertz CT molecular complexity index is 908. The summed E-state index contributed by atoms with van der Waals surface area (Å²) in [5, 5.41) is 17.4. The number of piperidine rings is 1. The van der Waals surface area contributed by atoms with Gasteiger partial charge in [0, 0.05) is 35.0 Å². The number of likely N-dealkylation sites (N-methyl/N-ethyl adjacent to an activating group) is 2. The van der Waals surface area contributed by atoms with Gasteiger partial charge in [0.05, 0.1) is 11.6 Å². The second-order valence-electron chi connectivity index (χ2n) is 8.30. The summed E-state index contributed by atoms with van der Waals surface area (Å²) in [6.45, 7) is 5.99. The number of nitrogens with zero attached hydrogens (tertiary/aromatic N) is 5. The number of thiophene rings is 1. The molecule has 0 spiro atoms. The van der Waals surface area contributed by atoms with Gasteiger partial charge in [0.2, 0.25) is 0 Å². The zero-order valence-electron chi connectivity index (χ0n) is 17.6. The highest BCUT2D eigenvalue weighted by Crippen LogP contribution is 2.48. The molecule has 1 aromatic rings. The number of rotatable bonds is 0. The van der Waals surface area contributed by atoms with E-state index in [1.165, 1.54) is 29.7 Å². The van der Waals surface area contributed by atoms with Crippen LogP contribution in [0.1, 0.15) is 68.0 Å². The number of hydrogen-bond donors (Lipinski definition) is 1. The standard InChI is InChI=1S/C11H13N3S.C8H13NO.C3H2N2.CH4/c1-14-6-2-3-8(14)10-7(5-12)11(13)15-9(10)4-6;1-9-6-2-4-7(9)8(10)5-3-6;1-5-3-2-4;/h6,8H,2-4,13H2,1H3;6-7H,2-5H2,1H3;3H2;1H4/t6-,8?;6-,7?;;/m11../s1. The van der Waals surface area contributed by atoms with Crippen molar-refractivity contribution in [3.8, 4) is 12.1 Å². The number of carbonyl (C=O) groups excluding carboxylic acids is 1. The average Bonchev–Trinajstić information content (AvgIpc) is 3.26. The average molecular weight is 441 g/mol. The number of nitrogens with two attached hydrogens (primary N) is 1. The Labute approximate surface area is 189 Å². The number of Topliss-reactive ketones (excluding diaryl/α,β-unsaturated/α-hetero) is 1.